The number of unbranched alkanes of at least 4 members (excludes halogenated alkanes) is 1. The van der Waals surface area contributed by atoms with E-state index in [9.17, 15) is 0 Å². The monoisotopic (exact) mass is 288 g/mol. The van der Waals surface area contributed by atoms with Gasteiger partial charge in [0.05, 0.1) is 0 Å². The van der Waals surface area contributed by atoms with Crippen molar-refractivity contribution in [3.63, 3.8) is 0 Å². The molecule has 2 rings (SSSR count). The van der Waals surface area contributed by atoms with Crippen molar-refractivity contribution in [3.05, 3.63) is 29.8 Å². The van der Waals surface area contributed by atoms with E-state index in [1.807, 2.05) is 0 Å². The highest BCUT2D eigenvalue weighted by Gasteiger charge is 2.33. The number of aryl methyl sites for hydroxylation is 1. The normalized spacial score (nSPS) is 21.8. The van der Waals surface area contributed by atoms with E-state index < -0.39 is 0 Å². The van der Waals surface area contributed by atoms with Gasteiger partial charge in [0.25, 0.3) is 0 Å². The molecule has 1 N–H and O–H groups in total. The maximum absolute atomic E-state index is 3.69. The molecular formula is C19H32N2. The first-order chi connectivity index (χ1) is 9.93. The second-order valence-electron chi connectivity index (χ2n) is 7.47. The Hall–Kier alpha value is -1.02. The Morgan fingerprint density at radius 2 is 1.90 bits per heavy atom. The van der Waals surface area contributed by atoms with Crippen LogP contribution >= 0.6 is 0 Å². The SMILES string of the molecule is CCCCc1ccc(N2CC(C)(C)NCC2C(C)C)cc1. The fraction of sp³-hybridized carbons (Fsp3) is 0.684. The molecule has 0 aromatic heterocycles. The number of nitrogens with one attached hydrogen (secondary N) is 1. The van der Waals surface area contributed by atoms with Gasteiger partial charge in [0.15, 0.2) is 0 Å². The van der Waals surface area contributed by atoms with E-state index in [0.717, 1.165) is 13.1 Å². The van der Waals surface area contributed by atoms with Crippen LogP contribution in [-0.2, 0) is 6.42 Å². The first kappa shape index (κ1) is 16.4. The Morgan fingerprint density at radius 1 is 1.24 bits per heavy atom. The van der Waals surface area contributed by atoms with Crippen molar-refractivity contribution < 1.29 is 0 Å². The standard InChI is InChI=1S/C19H32N2/c1-6-7-8-16-9-11-17(12-10-16)21-14-19(4,5)20-13-18(21)15(2)3/h9-12,15,18,20H,6-8,13-14H2,1-5H3. The van der Waals surface area contributed by atoms with E-state index in [1.165, 1.54) is 30.5 Å². The average Bonchev–Trinajstić information content (AvgIpc) is 2.44. The minimum Gasteiger partial charge on any atom is -0.365 e. The zero-order valence-electron chi connectivity index (χ0n) is 14.4. The molecule has 0 aliphatic carbocycles. The smallest absolute Gasteiger partial charge is 0.0438 e. The van der Waals surface area contributed by atoms with Crippen LogP contribution in [0.1, 0.15) is 53.0 Å². The predicted octanol–water partition coefficient (Wildman–Crippen LogP) is 4.24. The molecule has 0 saturated carbocycles. The fourth-order valence-electron chi connectivity index (χ4n) is 3.20. The molecule has 1 saturated heterocycles. The van der Waals surface area contributed by atoms with Crippen molar-refractivity contribution in [1.82, 2.24) is 5.32 Å². The van der Waals surface area contributed by atoms with Gasteiger partial charge in [0, 0.05) is 30.4 Å². The van der Waals surface area contributed by atoms with Crippen LogP contribution in [0.25, 0.3) is 0 Å². The van der Waals surface area contributed by atoms with Gasteiger partial charge in [0.2, 0.25) is 0 Å². The van der Waals surface area contributed by atoms with Crippen LogP contribution in [0.5, 0.6) is 0 Å². The molecule has 1 fully saturated rings. The Labute approximate surface area is 130 Å². The number of hydrogen-bond acceptors (Lipinski definition) is 2. The largest absolute Gasteiger partial charge is 0.365 e. The molecule has 1 aliphatic rings. The van der Waals surface area contributed by atoms with Crippen LogP contribution in [0.4, 0.5) is 5.69 Å². The predicted molar refractivity (Wildman–Crippen MR) is 93.1 cm³/mol. The van der Waals surface area contributed by atoms with E-state index >= 15 is 0 Å². The molecule has 118 valence electrons. The molecule has 1 atom stereocenters. The number of benzene rings is 1. The van der Waals surface area contributed by atoms with Crippen LogP contribution in [0.2, 0.25) is 0 Å². The van der Waals surface area contributed by atoms with Gasteiger partial charge in [-0.2, -0.15) is 0 Å². The topological polar surface area (TPSA) is 15.3 Å². The summed E-state index contributed by atoms with van der Waals surface area (Å²) in [5.41, 5.74) is 3.03. The van der Waals surface area contributed by atoms with E-state index in [-0.39, 0.29) is 5.54 Å². The first-order valence-corrected chi connectivity index (χ1v) is 8.53. The zero-order chi connectivity index (χ0) is 15.5. The van der Waals surface area contributed by atoms with Crippen LogP contribution in [0.15, 0.2) is 24.3 Å². The summed E-state index contributed by atoms with van der Waals surface area (Å²) in [5.74, 6) is 0.661. The number of piperazine rings is 1. The van der Waals surface area contributed by atoms with Crippen LogP contribution < -0.4 is 10.2 Å². The number of anilines is 1. The van der Waals surface area contributed by atoms with E-state index in [0.29, 0.717) is 12.0 Å². The summed E-state index contributed by atoms with van der Waals surface area (Å²) < 4.78 is 0. The fourth-order valence-corrected chi connectivity index (χ4v) is 3.20. The molecule has 1 aromatic carbocycles. The molecule has 1 unspecified atom stereocenters. The van der Waals surface area contributed by atoms with Crippen LogP contribution in [0, 0.1) is 5.92 Å². The van der Waals surface area contributed by atoms with Gasteiger partial charge in [-0.1, -0.05) is 39.3 Å². The molecule has 21 heavy (non-hydrogen) atoms. The second kappa shape index (κ2) is 6.83. The van der Waals surface area contributed by atoms with Gasteiger partial charge in [-0.25, -0.2) is 0 Å². The Kier molecular flexibility index (Phi) is 5.32. The molecule has 0 radical (unpaired) electrons. The van der Waals surface area contributed by atoms with Crippen molar-refractivity contribution in [1.29, 1.82) is 0 Å². The summed E-state index contributed by atoms with van der Waals surface area (Å²) in [7, 11) is 0. The quantitative estimate of drug-likeness (QED) is 0.871. The Morgan fingerprint density at radius 3 is 2.48 bits per heavy atom. The second-order valence-corrected chi connectivity index (χ2v) is 7.47. The summed E-state index contributed by atoms with van der Waals surface area (Å²) in [6.07, 6.45) is 3.76. The van der Waals surface area contributed by atoms with Crippen LogP contribution in [0.3, 0.4) is 0 Å². The van der Waals surface area contributed by atoms with Crippen molar-refractivity contribution in [2.45, 2.75) is 65.5 Å². The third-order valence-corrected chi connectivity index (χ3v) is 4.61. The summed E-state index contributed by atoms with van der Waals surface area (Å²) >= 11 is 0. The molecule has 1 aromatic rings. The van der Waals surface area contributed by atoms with Gasteiger partial charge < -0.3 is 10.2 Å². The van der Waals surface area contributed by atoms with Crippen LogP contribution in [-0.4, -0.2) is 24.7 Å². The lowest BCUT2D eigenvalue weighted by Crippen LogP contribution is -2.63. The molecule has 1 aliphatic heterocycles. The minimum absolute atomic E-state index is 0.187. The summed E-state index contributed by atoms with van der Waals surface area (Å²) in [6.45, 7) is 13.6. The molecule has 0 amide bonds. The highest BCUT2D eigenvalue weighted by atomic mass is 15.3. The third kappa shape index (κ3) is 4.23. The highest BCUT2D eigenvalue weighted by Crippen LogP contribution is 2.27. The lowest BCUT2D eigenvalue weighted by atomic mass is 9.92. The average molecular weight is 288 g/mol. The van der Waals surface area contributed by atoms with Crippen molar-refractivity contribution in [3.8, 4) is 0 Å². The Bertz CT molecular complexity index is 433. The zero-order valence-corrected chi connectivity index (χ0v) is 14.4. The summed E-state index contributed by atoms with van der Waals surface area (Å²) in [6, 6.07) is 9.86. The van der Waals surface area contributed by atoms with Gasteiger partial charge in [-0.3, -0.25) is 0 Å². The molecule has 2 nitrogen and oxygen atoms in total. The summed E-state index contributed by atoms with van der Waals surface area (Å²) in [5, 5.41) is 3.69. The number of rotatable bonds is 5. The number of nitrogens with zero attached hydrogens (tertiary/aromatic N) is 1. The van der Waals surface area contributed by atoms with Gasteiger partial charge in [-0.15, -0.1) is 0 Å². The number of hydrogen-bond donors (Lipinski definition) is 1. The molecule has 0 bridgehead atoms. The van der Waals surface area contributed by atoms with Gasteiger partial charge in [-0.05, 0) is 50.3 Å². The maximum Gasteiger partial charge on any atom is 0.0438 e. The molecule has 2 heteroatoms. The van der Waals surface area contributed by atoms with E-state index in [4.69, 9.17) is 0 Å². The van der Waals surface area contributed by atoms with Gasteiger partial charge >= 0.3 is 0 Å². The summed E-state index contributed by atoms with van der Waals surface area (Å²) in [4.78, 5) is 2.60. The first-order valence-electron chi connectivity index (χ1n) is 8.53. The van der Waals surface area contributed by atoms with Crippen molar-refractivity contribution in [2.24, 2.45) is 5.92 Å². The van der Waals surface area contributed by atoms with E-state index in [2.05, 4.69) is 69.1 Å². The molecule has 1 heterocycles. The third-order valence-electron chi connectivity index (χ3n) is 4.61. The maximum atomic E-state index is 3.69. The van der Waals surface area contributed by atoms with Crippen molar-refractivity contribution in [2.75, 3.05) is 18.0 Å². The minimum atomic E-state index is 0.187. The Balaban J connectivity index is 2.15. The highest BCUT2D eigenvalue weighted by molar-refractivity contribution is 5.50. The van der Waals surface area contributed by atoms with E-state index in [1.54, 1.807) is 0 Å². The lowest BCUT2D eigenvalue weighted by Gasteiger charge is -2.47. The van der Waals surface area contributed by atoms with Gasteiger partial charge in [0.1, 0.15) is 0 Å². The van der Waals surface area contributed by atoms with Crippen molar-refractivity contribution >= 4 is 5.69 Å². The lowest BCUT2D eigenvalue weighted by molar-refractivity contribution is 0.277. The molecular weight excluding hydrogens is 256 g/mol. The molecule has 0 spiro atoms.